The van der Waals surface area contributed by atoms with Gasteiger partial charge in [-0.25, -0.2) is 14.1 Å². The van der Waals surface area contributed by atoms with Gasteiger partial charge in [-0.15, -0.1) is 0 Å². The Morgan fingerprint density at radius 1 is 1.02 bits per heavy atom. The summed E-state index contributed by atoms with van der Waals surface area (Å²) in [5, 5.41) is 13.2. The van der Waals surface area contributed by atoms with Gasteiger partial charge in [0, 0.05) is 32.5 Å². The molecule has 0 aliphatic carbocycles. The number of hydrogen-bond donors (Lipinski definition) is 3. The predicted octanol–water partition coefficient (Wildman–Crippen LogP) is 2.72. The third-order valence-electron chi connectivity index (χ3n) is 7.73. The van der Waals surface area contributed by atoms with E-state index in [1.807, 2.05) is 44.2 Å². The molecule has 0 saturated carbocycles. The third-order valence-corrected chi connectivity index (χ3v) is 7.73. The van der Waals surface area contributed by atoms with Gasteiger partial charge in [-0.05, 0) is 43.4 Å². The first kappa shape index (κ1) is 34.1. The third kappa shape index (κ3) is 8.89. The van der Waals surface area contributed by atoms with Crippen LogP contribution in [0.2, 0.25) is 0 Å². The topological polar surface area (TPSA) is 148 Å². The number of rotatable bonds is 5. The highest BCUT2D eigenvalue weighted by Crippen LogP contribution is 2.24. The number of nitrogens with one attached hydrogen (secondary N) is 3. The van der Waals surface area contributed by atoms with Crippen molar-refractivity contribution < 1.29 is 28.3 Å². The van der Waals surface area contributed by atoms with Gasteiger partial charge < -0.3 is 25.6 Å². The van der Waals surface area contributed by atoms with Gasteiger partial charge >= 0.3 is 0 Å². The second-order valence-electron chi connectivity index (χ2n) is 11.6. The first-order valence-electron chi connectivity index (χ1n) is 15.5. The number of benzene rings is 2. The fourth-order valence-electron chi connectivity index (χ4n) is 5.40. The zero-order valence-corrected chi connectivity index (χ0v) is 26.7. The van der Waals surface area contributed by atoms with Gasteiger partial charge in [-0.2, -0.15) is 5.10 Å². The van der Waals surface area contributed by atoms with Crippen LogP contribution in [0.1, 0.15) is 66.7 Å². The zero-order valence-electron chi connectivity index (χ0n) is 26.7. The van der Waals surface area contributed by atoms with Crippen LogP contribution in [-0.2, 0) is 27.3 Å². The van der Waals surface area contributed by atoms with Crippen LogP contribution >= 0.6 is 0 Å². The summed E-state index contributed by atoms with van der Waals surface area (Å²) in [5.74, 6) is -1.52. The van der Waals surface area contributed by atoms with E-state index < -0.39 is 29.7 Å². The molecule has 246 valence electrons. The summed E-state index contributed by atoms with van der Waals surface area (Å²) in [6.45, 7) is 6.02. The van der Waals surface area contributed by atoms with E-state index in [0.29, 0.717) is 18.1 Å². The van der Waals surface area contributed by atoms with E-state index in [2.05, 4.69) is 26.0 Å². The fraction of sp³-hybridized carbons (Fsp3) is 0.455. The Hall–Kier alpha value is -4.81. The van der Waals surface area contributed by atoms with Gasteiger partial charge in [-0.1, -0.05) is 50.2 Å². The maximum Gasteiger partial charge on any atom is 0.260 e. The molecule has 2 aromatic carbocycles. The molecule has 0 radical (unpaired) electrons. The van der Waals surface area contributed by atoms with Crippen LogP contribution in [0.25, 0.3) is 0 Å². The minimum Gasteiger partial charge on any atom is -0.496 e. The first-order valence-corrected chi connectivity index (χ1v) is 15.5. The molecule has 0 fully saturated rings. The summed E-state index contributed by atoms with van der Waals surface area (Å²) < 4.78 is 21.5. The Balaban J connectivity index is 1.63. The van der Waals surface area contributed by atoms with Crippen molar-refractivity contribution in [3.05, 3.63) is 77.1 Å². The molecule has 1 aliphatic rings. The lowest BCUT2D eigenvalue weighted by molar-refractivity contribution is -0.129. The largest absolute Gasteiger partial charge is 0.496 e. The molecule has 13 heteroatoms. The lowest BCUT2D eigenvalue weighted by atomic mass is 10.0. The summed E-state index contributed by atoms with van der Waals surface area (Å²) >= 11 is 0. The minimum absolute atomic E-state index is 0.0224. The SMILES string of the molecule is COc1cccc(F)c1C(=O)N1CCCNC(=O)Cn2nc(C)nc2[C@H](C(C)C)NC(=O)[C@@H](Cc2ccccc2)NC(=O)CCC1. The lowest BCUT2D eigenvalue weighted by Crippen LogP contribution is -2.50. The van der Waals surface area contributed by atoms with Crippen LogP contribution in [-0.4, -0.2) is 76.1 Å². The van der Waals surface area contributed by atoms with E-state index in [9.17, 15) is 23.6 Å². The number of hydrogen-bond acceptors (Lipinski definition) is 7. The fourth-order valence-corrected chi connectivity index (χ4v) is 5.40. The number of aromatic nitrogens is 3. The number of ether oxygens (including phenoxy) is 1. The standard InChI is InChI=1S/C33H42FN7O5/c1-21(2)30-31-36-22(3)39-41(31)20-28(43)35-16-10-18-40(33(45)29-24(34)13-8-14-26(29)46-4)17-9-15-27(42)37-25(32(44)38-30)19-23-11-6-5-7-12-23/h5-8,11-14,21,25,30H,9-10,15-20H2,1-4H3,(H,35,43)(H,37,42)(H,38,44)/t25-,30+/m1/s1. The zero-order chi connectivity index (χ0) is 33.2. The predicted molar refractivity (Wildman–Crippen MR) is 168 cm³/mol. The molecule has 3 aromatic rings. The molecule has 1 aromatic heterocycles. The van der Waals surface area contributed by atoms with Crippen molar-refractivity contribution in [2.75, 3.05) is 26.7 Å². The molecular formula is C33H42FN7O5. The summed E-state index contributed by atoms with van der Waals surface area (Å²) in [7, 11) is 1.36. The molecule has 12 nitrogen and oxygen atoms in total. The van der Waals surface area contributed by atoms with Crippen LogP contribution < -0.4 is 20.7 Å². The number of aryl methyl sites for hydroxylation is 1. The number of carbonyl (C=O) groups excluding carboxylic acids is 4. The molecule has 2 atom stereocenters. The van der Waals surface area contributed by atoms with Crippen molar-refractivity contribution >= 4 is 23.6 Å². The van der Waals surface area contributed by atoms with Crippen LogP contribution in [0.5, 0.6) is 5.75 Å². The molecule has 46 heavy (non-hydrogen) atoms. The number of nitrogens with zero attached hydrogens (tertiary/aromatic N) is 4. The van der Waals surface area contributed by atoms with Crippen molar-refractivity contribution in [1.29, 1.82) is 0 Å². The summed E-state index contributed by atoms with van der Waals surface area (Å²) in [6, 6.07) is 12.0. The number of methoxy groups -OCH3 is 1. The number of carbonyl (C=O) groups is 4. The quantitative estimate of drug-likeness (QED) is 0.391. The second-order valence-corrected chi connectivity index (χ2v) is 11.6. The highest BCUT2D eigenvalue weighted by atomic mass is 19.1. The molecule has 0 unspecified atom stereocenters. The second kappa shape index (κ2) is 16.0. The van der Waals surface area contributed by atoms with E-state index in [1.165, 1.54) is 34.9 Å². The molecule has 0 bridgehead atoms. The van der Waals surface area contributed by atoms with Crippen molar-refractivity contribution in [2.24, 2.45) is 5.92 Å². The monoisotopic (exact) mass is 635 g/mol. The summed E-state index contributed by atoms with van der Waals surface area (Å²) in [4.78, 5) is 59.5. The molecule has 4 amide bonds. The number of amides is 4. The minimum atomic E-state index is -0.906. The maximum atomic E-state index is 14.8. The maximum absolute atomic E-state index is 14.8. The van der Waals surface area contributed by atoms with E-state index in [-0.39, 0.29) is 74.5 Å². The number of fused-ring (bicyclic) bond motifs is 1. The van der Waals surface area contributed by atoms with Crippen molar-refractivity contribution in [3.8, 4) is 5.75 Å². The van der Waals surface area contributed by atoms with Crippen molar-refractivity contribution in [1.82, 2.24) is 35.6 Å². The van der Waals surface area contributed by atoms with Gasteiger partial charge in [0.2, 0.25) is 17.7 Å². The molecule has 0 saturated heterocycles. The Bertz CT molecular complexity index is 1530. The summed E-state index contributed by atoms with van der Waals surface area (Å²) in [6.07, 6.45) is 0.911. The molecule has 4 rings (SSSR count). The highest BCUT2D eigenvalue weighted by Gasteiger charge is 2.30. The number of halogens is 1. The van der Waals surface area contributed by atoms with E-state index in [1.54, 1.807) is 6.92 Å². The van der Waals surface area contributed by atoms with E-state index in [0.717, 1.165) is 5.56 Å². The Labute approximate surface area is 268 Å². The molecule has 0 spiro atoms. The van der Waals surface area contributed by atoms with Crippen LogP contribution in [0, 0.1) is 18.7 Å². The van der Waals surface area contributed by atoms with E-state index >= 15 is 0 Å². The Morgan fingerprint density at radius 2 is 1.76 bits per heavy atom. The van der Waals surface area contributed by atoms with Crippen LogP contribution in [0.15, 0.2) is 48.5 Å². The molecule has 3 N–H and O–H groups in total. The van der Waals surface area contributed by atoms with Crippen LogP contribution in [0.4, 0.5) is 4.39 Å². The van der Waals surface area contributed by atoms with Gasteiger partial charge in [0.1, 0.15) is 35.5 Å². The van der Waals surface area contributed by atoms with Crippen LogP contribution in [0.3, 0.4) is 0 Å². The van der Waals surface area contributed by atoms with Gasteiger partial charge in [0.25, 0.3) is 5.91 Å². The van der Waals surface area contributed by atoms with E-state index in [4.69, 9.17) is 4.74 Å². The van der Waals surface area contributed by atoms with Gasteiger partial charge in [0.15, 0.2) is 5.82 Å². The van der Waals surface area contributed by atoms with Gasteiger partial charge in [-0.3, -0.25) is 19.2 Å². The Kier molecular flexibility index (Phi) is 11.8. The van der Waals surface area contributed by atoms with Gasteiger partial charge in [0.05, 0.1) is 13.2 Å². The average Bonchev–Trinajstić information content (AvgIpc) is 3.38. The first-order chi connectivity index (χ1) is 22.1. The molecule has 1 aliphatic heterocycles. The normalized spacial score (nSPS) is 18.9. The summed E-state index contributed by atoms with van der Waals surface area (Å²) in [5.41, 5.74) is 0.659. The smallest absolute Gasteiger partial charge is 0.260 e. The molecular weight excluding hydrogens is 593 g/mol. The van der Waals surface area contributed by atoms with Crippen molar-refractivity contribution in [2.45, 2.75) is 65.1 Å². The lowest BCUT2D eigenvalue weighted by Gasteiger charge is -2.26. The Morgan fingerprint density at radius 3 is 2.48 bits per heavy atom. The van der Waals surface area contributed by atoms with Crippen molar-refractivity contribution in [3.63, 3.8) is 0 Å². The molecule has 2 heterocycles. The highest BCUT2D eigenvalue weighted by molar-refractivity contribution is 5.97. The average molecular weight is 636 g/mol.